The third-order valence-electron chi connectivity index (χ3n) is 1.34. The zero-order chi connectivity index (χ0) is 8.39. The number of thiazole rings is 1. The van der Waals surface area contributed by atoms with Crippen molar-refractivity contribution >= 4 is 22.4 Å². The molecule has 1 aliphatic rings. The molecule has 1 N–H and O–H groups in total. The van der Waals surface area contributed by atoms with Crippen LogP contribution in [0.2, 0.25) is 0 Å². The molecule has 62 valence electrons. The molecule has 0 amide bonds. The number of rotatable bonds is 2. The molecule has 0 saturated heterocycles. The van der Waals surface area contributed by atoms with E-state index in [1.807, 2.05) is 5.38 Å². The van der Waals surface area contributed by atoms with Gasteiger partial charge < -0.3 is 10.1 Å². The average molecular weight is 182 g/mol. The van der Waals surface area contributed by atoms with Gasteiger partial charge in [-0.15, -0.1) is 11.3 Å². The molecule has 1 aliphatic heterocycles. The van der Waals surface area contributed by atoms with Crippen LogP contribution in [0.5, 0.6) is 0 Å². The smallest absolute Gasteiger partial charge is 0.316 e. The standard InChI is InChI=1S/C7H6N2O2S/c10-6-2-1-5(11-6)9-7-8-3-4-12-7/h1,3-4H,2H2,(H,8,9). The van der Waals surface area contributed by atoms with Gasteiger partial charge in [-0.05, 0) is 6.08 Å². The SMILES string of the molecule is O=C1CC=C(Nc2nccs2)O1. The molecule has 0 bridgehead atoms. The summed E-state index contributed by atoms with van der Waals surface area (Å²) >= 11 is 1.46. The summed E-state index contributed by atoms with van der Waals surface area (Å²) in [6.45, 7) is 0. The van der Waals surface area contributed by atoms with Crippen molar-refractivity contribution < 1.29 is 9.53 Å². The fourth-order valence-electron chi connectivity index (χ4n) is 0.849. The summed E-state index contributed by atoms with van der Waals surface area (Å²) in [5.74, 6) is 0.254. The molecular formula is C7H6N2O2S. The van der Waals surface area contributed by atoms with Crippen LogP contribution in [0.15, 0.2) is 23.5 Å². The summed E-state index contributed by atoms with van der Waals surface area (Å²) in [6.07, 6.45) is 3.72. The fourth-order valence-corrected chi connectivity index (χ4v) is 1.38. The van der Waals surface area contributed by atoms with E-state index in [4.69, 9.17) is 4.74 Å². The number of nitrogens with one attached hydrogen (secondary N) is 1. The summed E-state index contributed by atoms with van der Waals surface area (Å²) in [5, 5.41) is 5.46. The maximum Gasteiger partial charge on any atom is 0.316 e. The van der Waals surface area contributed by atoms with Crippen molar-refractivity contribution in [3.05, 3.63) is 23.5 Å². The lowest BCUT2D eigenvalue weighted by Crippen LogP contribution is -2.02. The highest BCUT2D eigenvalue weighted by atomic mass is 32.1. The lowest BCUT2D eigenvalue weighted by atomic mass is 10.5. The monoisotopic (exact) mass is 182 g/mol. The van der Waals surface area contributed by atoms with Gasteiger partial charge in [0.2, 0.25) is 0 Å². The first kappa shape index (κ1) is 7.30. The highest BCUT2D eigenvalue weighted by Crippen LogP contribution is 2.17. The van der Waals surface area contributed by atoms with Crippen LogP contribution in [-0.4, -0.2) is 11.0 Å². The zero-order valence-corrected chi connectivity index (χ0v) is 6.93. The van der Waals surface area contributed by atoms with Gasteiger partial charge in [0, 0.05) is 11.6 Å². The molecule has 1 aromatic rings. The van der Waals surface area contributed by atoms with Gasteiger partial charge >= 0.3 is 5.97 Å². The van der Waals surface area contributed by atoms with Gasteiger partial charge in [0.25, 0.3) is 0 Å². The van der Waals surface area contributed by atoms with E-state index >= 15 is 0 Å². The second kappa shape index (κ2) is 2.94. The van der Waals surface area contributed by atoms with Gasteiger partial charge in [0.05, 0.1) is 6.42 Å². The van der Waals surface area contributed by atoms with Crippen LogP contribution in [-0.2, 0) is 9.53 Å². The molecule has 5 heteroatoms. The summed E-state index contributed by atoms with van der Waals surface area (Å²) < 4.78 is 4.81. The maximum atomic E-state index is 10.7. The summed E-state index contributed by atoms with van der Waals surface area (Å²) in [6, 6.07) is 0. The molecule has 0 radical (unpaired) electrons. The minimum Gasteiger partial charge on any atom is -0.410 e. The third kappa shape index (κ3) is 1.45. The van der Waals surface area contributed by atoms with Crippen LogP contribution in [0, 0.1) is 0 Å². The Balaban J connectivity index is 2.01. The summed E-state index contributed by atoms with van der Waals surface area (Å²) in [4.78, 5) is 14.6. The Hall–Kier alpha value is -1.36. The number of hydrogen-bond donors (Lipinski definition) is 1. The van der Waals surface area contributed by atoms with Crippen molar-refractivity contribution in [1.29, 1.82) is 0 Å². The number of anilines is 1. The number of esters is 1. The second-order valence-electron chi connectivity index (χ2n) is 2.21. The summed E-state index contributed by atoms with van der Waals surface area (Å²) in [5.41, 5.74) is 0. The molecule has 0 spiro atoms. The zero-order valence-electron chi connectivity index (χ0n) is 6.11. The topological polar surface area (TPSA) is 51.2 Å². The molecule has 2 heterocycles. The van der Waals surface area contributed by atoms with E-state index in [9.17, 15) is 4.79 Å². The third-order valence-corrected chi connectivity index (χ3v) is 2.03. The molecule has 12 heavy (non-hydrogen) atoms. The van der Waals surface area contributed by atoms with Crippen molar-refractivity contribution in [2.45, 2.75) is 6.42 Å². The molecule has 4 nitrogen and oxygen atoms in total. The molecular weight excluding hydrogens is 176 g/mol. The molecule has 0 saturated carbocycles. The van der Waals surface area contributed by atoms with E-state index in [0.29, 0.717) is 12.3 Å². The first-order valence-electron chi connectivity index (χ1n) is 3.42. The van der Waals surface area contributed by atoms with Gasteiger partial charge in [-0.3, -0.25) is 4.79 Å². The number of carbonyl (C=O) groups is 1. The largest absolute Gasteiger partial charge is 0.410 e. The van der Waals surface area contributed by atoms with Gasteiger partial charge in [-0.25, -0.2) is 4.98 Å². The minimum absolute atomic E-state index is 0.228. The molecule has 0 atom stereocenters. The van der Waals surface area contributed by atoms with Crippen LogP contribution >= 0.6 is 11.3 Å². The molecule has 0 unspecified atom stereocenters. The predicted octanol–water partition coefficient (Wildman–Crippen LogP) is 1.34. The van der Waals surface area contributed by atoms with Gasteiger partial charge in [-0.2, -0.15) is 0 Å². The predicted molar refractivity (Wildman–Crippen MR) is 44.5 cm³/mol. The summed E-state index contributed by atoms with van der Waals surface area (Å²) in [7, 11) is 0. The van der Waals surface area contributed by atoms with Crippen molar-refractivity contribution in [3.63, 3.8) is 0 Å². The van der Waals surface area contributed by atoms with E-state index in [-0.39, 0.29) is 5.97 Å². The van der Waals surface area contributed by atoms with Crippen LogP contribution < -0.4 is 5.32 Å². The van der Waals surface area contributed by atoms with E-state index in [2.05, 4.69) is 10.3 Å². The molecule has 0 fully saturated rings. The Bertz CT molecular complexity index is 318. The van der Waals surface area contributed by atoms with Crippen molar-refractivity contribution in [2.75, 3.05) is 5.32 Å². The Morgan fingerprint density at radius 3 is 3.17 bits per heavy atom. The number of cyclic esters (lactones) is 1. The van der Waals surface area contributed by atoms with E-state index < -0.39 is 0 Å². The first-order valence-corrected chi connectivity index (χ1v) is 4.30. The van der Waals surface area contributed by atoms with Gasteiger partial charge in [0.1, 0.15) is 0 Å². The first-order chi connectivity index (χ1) is 5.84. The van der Waals surface area contributed by atoms with Crippen LogP contribution in [0.25, 0.3) is 0 Å². The van der Waals surface area contributed by atoms with E-state index in [0.717, 1.165) is 5.13 Å². The Kier molecular flexibility index (Phi) is 1.79. The molecule has 0 aromatic carbocycles. The molecule has 1 aromatic heterocycles. The van der Waals surface area contributed by atoms with Crippen molar-refractivity contribution in [1.82, 2.24) is 4.98 Å². The van der Waals surface area contributed by atoms with E-state index in [1.54, 1.807) is 12.3 Å². The van der Waals surface area contributed by atoms with Crippen LogP contribution in [0.1, 0.15) is 6.42 Å². The highest BCUT2D eigenvalue weighted by molar-refractivity contribution is 7.13. The Labute approximate surface area is 72.9 Å². The number of aromatic nitrogens is 1. The second-order valence-corrected chi connectivity index (χ2v) is 3.10. The number of nitrogens with zero attached hydrogens (tertiary/aromatic N) is 1. The number of carbonyl (C=O) groups excluding carboxylic acids is 1. The fraction of sp³-hybridized carbons (Fsp3) is 0.143. The lowest BCUT2D eigenvalue weighted by Gasteiger charge is -2.00. The lowest BCUT2D eigenvalue weighted by molar-refractivity contribution is -0.136. The normalized spacial score (nSPS) is 15.7. The van der Waals surface area contributed by atoms with Gasteiger partial charge in [-0.1, -0.05) is 0 Å². The van der Waals surface area contributed by atoms with E-state index in [1.165, 1.54) is 11.3 Å². The molecule has 2 rings (SSSR count). The van der Waals surface area contributed by atoms with Gasteiger partial charge in [0.15, 0.2) is 11.0 Å². The van der Waals surface area contributed by atoms with Crippen LogP contribution in [0.3, 0.4) is 0 Å². The quantitative estimate of drug-likeness (QED) is 0.701. The van der Waals surface area contributed by atoms with Crippen molar-refractivity contribution in [2.24, 2.45) is 0 Å². The number of ether oxygens (including phenoxy) is 1. The maximum absolute atomic E-state index is 10.7. The Morgan fingerprint density at radius 2 is 2.58 bits per heavy atom. The average Bonchev–Trinajstić information content (AvgIpc) is 2.63. The van der Waals surface area contributed by atoms with Crippen molar-refractivity contribution in [3.8, 4) is 0 Å². The Morgan fingerprint density at radius 1 is 1.67 bits per heavy atom. The minimum atomic E-state index is -0.228. The van der Waals surface area contributed by atoms with Crippen LogP contribution in [0.4, 0.5) is 5.13 Å². The highest BCUT2D eigenvalue weighted by Gasteiger charge is 2.14. The number of hydrogen-bond acceptors (Lipinski definition) is 5. The molecule has 0 aliphatic carbocycles.